The molecule has 0 aliphatic carbocycles. The highest BCUT2D eigenvalue weighted by molar-refractivity contribution is 7.92. The number of nitrogens with one attached hydrogen (secondary N) is 1. The fourth-order valence-corrected chi connectivity index (χ4v) is 3.44. The minimum Gasteiger partial charge on any atom is -0.495 e. The van der Waals surface area contributed by atoms with E-state index in [0.29, 0.717) is 11.4 Å². The molecule has 2 rings (SSSR count). The SMILES string of the molecule is COc1ccccc1NC(=O)CN(c1cccc([N+](=O)[O-])c1C)S(C)(=O)=O. The lowest BCUT2D eigenvalue weighted by molar-refractivity contribution is -0.385. The quantitative estimate of drug-likeness (QED) is 0.569. The number of amides is 1. The van der Waals surface area contributed by atoms with Crippen LogP contribution in [0.15, 0.2) is 42.5 Å². The Hall–Kier alpha value is -3.14. The Bertz CT molecular complexity index is 974. The van der Waals surface area contributed by atoms with E-state index in [0.717, 1.165) is 10.6 Å². The third kappa shape index (κ3) is 4.73. The number of methoxy groups -OCH3 is 1. The number of nitro groups is 1. The van der Waals surface area contributed by atoms with Gasteiger partial charge in [-0.1, -0.05) is 18.2 Å². The first kappa shape index (κ1) is 20.2. The summed E-state index contributed by atoms with van der Waals surface area (Å²) in [5.74, 6) is -0.195. The van der Waals surface area contributed by atoms with Gasteiger partial charge in [-0.2, -0.15) is 0 Å². The van der Waals surface area contributed by atoms with Crippen molar-refractivity contribution in [3.05, 3.63) is 58.1 Å². The molecule has 9 nitrogen and oxygen atoms in total. The molecule has 1 amide bonds. The van der Waals surface area contributed by atoms with E-state index in [2.05, 4.69) is 5.32 Å². The number of hydrogen-bond donors (Lipinski definition) is 1. The molecule has 0 fully saturated rings. The maximum absolute atomic E-state index is 12.4. The topological polar surface area (TPSA) is 119 Å². The van der Waals surface area contributed by atoms with E-state index in [1.807, 2.05) is 0 Å². The zero-order chi connectivity index (χ0) is 20.2. The molecular weight excluding hydrogens is 374 g/mol. The first-order valence-electron chi connectivity index (χ1n) is 7.79. The van der Waals surface area contributed by atoms with E-state index in [1.54, 1.807) is 24.3 Å². The van der Waals surface area contributed by atoms with Crippen molar-refractivity contribution in [1.29, 1.82) is 0 Å². The number of sulfonamides is 1. The van der Waals surface area contributed by atoms with Crippen LogP contribution in [0.3, 0.4) is 0 Å². The molecule has 0 saturated heterocycles. The lowest BCUT2D eigenvalue weighted by Crippen LogP contribution is -2.38. The summed E-state index contributed by atoms with van der Waals surface area (Å²) in [6.07, 6.45) is 0.932. The fraction of sp³-hybridized carbons (Fsp3) is 0.235. The van der Waals surface area contributed by atoms with Crippen LogP contribution in [0, 0.1) is 17.0 Å². The summed E-state index contributed by atoms with van der Waals surface area (Å²) in [5.41, 5.74) is 0.375. The Morgan fingerprint density at radius 2 is 1.89 bits per heavy atom. The summed E-state index contributed by atoms with van der Waals surface area (Å²) in [6, 6.07) is 10.7. The number of hydrogen-bond acceptors (Lipinski definition) is 6. The zero-order valence-corrected chi connectivity index (χ0v) is 15.8. The van der Waals surface area contributed by atoms with Gasteiger partial charge in [0.2, 0.25) is 15.9 Å². The molecule has 2 aromatic carbocycles. The molecule has 2 aromatic rings. The van der Waals surface area contributed by atoms with E-state index in [9.17, 15) is 23.3 Å². The first-order valence-corrected chi connectivity index (χ1v) is 9.64. The molecule has 27 heavy (non-hydrogen) atoms. The number of rotatable bonds is 7. The molecule has 0 aliphatic heterocycles. The van der Waals surface area contributed by atoms with E-state index in [1.165, 1.54) is 32.2 Å². The molecular formula is C17H19N3O6S. The third-order valence-corrected chi connectivity index (χ3v) is 4.94. The molecule has 0 saturated carbocycles. The van der Waals surface area contributed by atoms with Crippen LogP contribution in [-0.4, -0.2) is 39.2 Å². The van der Waals surface area contributed by atoms with E-state index < -0.39 is 27.4 Å². The second-order valence-electron chi connectivity index (χ2n) is 5.70. The maximum Gasteiger partial charge on any atom is 0.274 e. The van der Waals surface area contributed by atoms with Crippen molar-refractivity contribution in [2.24, 2.45) is 0 Å². The third-order valence-electron chi connectivity index (χ3n) is 3.81. The van der Waals surface area contributed by atoms with Crippen molar-refractivity contribution in [3.8, 4) is 5.75 Å². The van der Waals surface area contributed by atoms with E-state index >= 15 is 0 Å². The summed E-state index contributed by atoms with van der Waals surface area (Å²) in [6.45, 7) is 0.892. The van der Waals surface area contributed by atoms with Crippen LogP contribution in [0.2, 0.25) is 0 Å². The lowest BCUT2D eigenvalue weighted by Gasteiger charge is -2.23. The minimum absolute atomic E-state index is 0.0712. The number of nitro benzene ring substituents is 1. The van der Waals surface area contributed by atoms with Gasteiger partial charge in [0.25, 0.3) is 5.69 Å². The average molecular weight is 393 g/mol. The monoisotopic (exact) mass is 393 g/mol. The number of para-hydroxylation sites is 2. The molecule has 0 unspecified atom stereocenters. The molecule has 10 heteroatoms. The van der Waals surface area contributed by atoms with Gasteiger partial charge in [0.15, 0.2) is 0 Å². The molecule has 0 heterocycles. The summed E-state index contributed by atoms with van der Waals surface area (Å²) < 4.78 is 30.4. The maximum atomic E-state index is 12.4. The normalized spacial score (nSPS) is 10.9. The molecule has 0 aliphatic rings. The van der Waals surface area contributed by atoms with Crippen LogP contribution in [0.1, 0.15) is 5.56 Å². The molecule has 0 spiro atoms. The second-order valence-corrected chi connectivity index (χ2v) is 7.60. The van der Waals surface area contributed by atoms with Crippen LogP contribution in [0.5, 0.6) is 5.75 Å². The van der Waals surface area contributed by atoms with Crippen LogP contribution >= 0.6 is 0 Å². The molecule has 0 aromatic heterocycles. The van der Waals surface area contributed by atoms with E-state index in [-0.39, 0.29) is 16.9 Å². The summed E-state index contributed by atoms with van der Waals surface area (Å²) in [5, 5.41) is 13.7. The van der Waals surface area contributed by atoms with Gasteiger partial charge >= 0.3 is 0 Å². The van der Waals surface area contributed by atoms with Gasteiger partial charge in [0.1, 0.15) is 12.3 Å². The first-order chi connectivity index (χ1) is 12.6. The number of anilines is 2. The van der Waals surface area contributed by atoms with Gasteiger partial charge in [-0.3, -0.25) is 19.2 Å². The molecule has 144 valence electrons. The van der Waals surface area contributed by atoms with Crippen molar-refractivity contribution >= 4 is 33.0 Å². The number of ether oxygens (including phenoxy) is 1. The van der Waals surface area contributed by atoms with Gasteiger partial charge in [-0.25, -0.2) is 8.42 Å². The number of carbonyl (C=O) groups excluding carboxylic acids is 1. The second kappa shape index (κ2) is 8.04. The lowest BCUT2D eigenvalue weighted by atomic mass is 10.1. The highest BCUT2D eigenvalue weighted by atomic mass is 32.2. The van der Waals surface area contributed by atoms with Crippen molar-refractivity contribution in [1.82, 2.24) is 0 Å². The van der Waals surface area contributed by atoms with Crippen molar-refractivity contribution in [3.63, 3.8) is 0 Å². The largest absolute Gasteiger partial charge is 0.495 e. The fourth-order valence-electron chi connectivity index (χ4n) is 2.53. The van der Waals surface area contributed by atoms with Gasteiger partial charge in [0, 0.05) is 6.07 Å². The van der Waals surface area contributed by atoms with Crippen molar-refractivity contribution < 1.29 is 22.9 Å². The van der Waals surface area contributed by atoms with Gasteiger partial charge in [-0.15, -0.1) is 0 Å². The molecule has 0 radical (unpaired) electrons. The highest BCUT2D eigenvalue weighted by Gasteiger charge is 2.26. The predicted octanol–water partition coefficient (Wildman–Crippen LogP) is 2.32. The minimum atomic E-state index is -3.87. The number of carbonyl (C=O) groups is 1. The van der Waals surface area contributed by atoms with Gasteiger partial charge < -0.3 is 10.1 Å². The molecule has 0 bridgehead atoms. The standard InChI is InChI=1S/C17H19N3O6S/c1-12-14(8-6-9-15(12)20(22)23)19(27(3,24)25)11-17(21)18-13-7-4-5-10-16(13)26-2/h4-10H,11H2,1-3H3,(H,18,21). The number of benzene rings is 2. The number of nitrogens with zero attached hydrogens (tertiary/aromatic N) is 2. The van der Waals surface area contributed by atoms with Crippen LogP contribution in [-0.2, 0) is 14.8 Å². The van der Waals surface area contributed by atoms with E-state index in [4.69, 9.17) is 4.74 Å². The van der Waals surface area contributed by atoms with Crippen molar-refractivity contribution in [2.75, 3.05) is 29.5 Å². The smallest absolute Gasteiger partial charge is 0.274 e. The Morgan fingerprint density at radius 1 is 1.22 bits per heavy atom. The zero-order valence-electron chi connectivity index (χ0n) is 15.0. The summed E-state index contributed by atoms with van der Waals surface area (Å²) >= 11 is 0. The summed E-state index contributed by atoms with van der Waals surface area (Å²) in [4.78, 5) is 23.0. The van der Waals surface area contributed by atoms with Gasteiger partial charge in [-0.05, 0) is 25.1 Å². The Labute approximate surface area is 156 Å². The van der Waals surface area contributed by atoms with Crippen molar-refractivity contribution in [2.45, 2.75) is 6.92 Å². The van der Waals surface area contributed by atoms with Gasteiger partial charge in [0.05, 0.1) is 35.2 Å². The molecule has 1 N–H and O–H groups in total. The van der Waals surface area contributed by atoms with Crippen LogP contribution < -0.4 is 14.4 Å². The van der Waals surface area contributed by atoms with Crippen LogP contribution in [0.25, 0.3) is 0 Å². The Kier molecular flexibility index (Phi) is 6.01. The average Bonchev–Trinajstić information content (AvgIpc) is 2.59. The predicted molar refractivity (Wildman–Crippen MR) is 102 cm³/mol. The highest BCUT2D eigenvalue weighted by Crippen LogP contribution is 2.30. The Morgan fingerprint density at radius 3 is 2.48 bits per heavy atom. The van der Waals surface area contributed by atoms with Crippen LogP contribution in [0.4, 0.5) is 17.1 Å². The molecule has 0 atom stereocenters. The Balaban J connectivity index is 2.35. The summed E-state index contributed by atoms with van der Waals surface area (Å²) in [7, 11) is -2.42.